The van der Waals surface area contributed by atoms with E-state index in [1.165, 1.54) is 19.3 Å². The summed E-state index contributed by atoms with van der Waals surface area (Å²) in [5, 5.41) is 8.54. The summed E-state index contributed by atoms with van der Waals surface area (Å²) in [7, 11) is 0. The van der Waals surface area contributed by atoms with Crippen LogP contribution in [0.1, 0.15) is 51.9 Å². The van der Waals surface area contributed by atoms with Crippen LogP contribution >= 0.6 is 0 Å². The molecule has 1 heteroatoms. The van der Waals surface area contributed by atoms with Gasteiger partial charge < -0.3 is 5.11 Å². The van der Waals surface area contributed by atoms with Crippen LogP contribution in [0.25, 0.3) is 0 Å². The van der Waals surface area contributed by atoms with Gasteiger partial charge in [0.25, 0.3) is 0 Å². The Morgan fingerprint density at radius 2 is 1.29 bits per heavy atom. The maximum Gasteiger partial charge on any atom is 0.0433 e. The van der Waals surface area contributed by atoms with Crippen LogP contribution in [0.4, 0.5) is 0 Å². The molecule has 0 saturated heterocycles. The van der Waals surface area contributed by atoms with Crippen molar-refractivity contribution in [3.05, 3.63) is 24.3 Å². The molecule has 0 radical (unpaired) electrons. The molecule has 0 aromatic heterocycles. The predicted molar refractivity (Wildman–Crippen MR) is 63.4 cm³/mol. The molecule has 0 aliphatic carbocycles. The molecule has 0 rings (SSSR count). The minimum Gasteiger partial charge on any atom is -0.396 e. The molecule has 82 valence electrons. The average molecular weight is 196 g/mol. The van der Waals surface area contributed by atoms with Crippen molar-refractivity contribution in [3.63, 3.8) is 0 Å². The Morgan fingerprint density at radius 3 is 1.79 bits per heavy atom. The first-order chi connectivity index (χ1) is 6.91. The molecule has 1 nitrogen and oxygen atoms in total. The van der Waals surface area contributed by atoms with E-state index in [0.717, 1.165) is 25.7 Å². The molecule has 0 unspecified atom stereocenters. The first-order valence-corrected chi connectivity index (χ1v) is 5.82. The summed E-state index contributed by atoms with van der Waals surface area (Å²) in [4.78, 5) is 0. The Kier molecular flexibility index (Phi) is 11.9. The van der Waals surface area contributed by atoms with Crippen molar-refractivity contribution >= 4 is 0 Å². The van der Waals surface area contributed by atoms with Gasteiger partial charge in [-0.1, -0.05) is 44.1 Å². The van der Waals surface area contributed by atoms with Crippen LogP contribution in [-0.4, -0.2) is 11.7 Å². The lowest BCUT2D eigenvalue weighted by molar-refractivity contribution is 0.289. The number of aliphatic hydroxyl groups excluding tert-OH is 1. The summed E-state index contributed by atoms with van der Waals surface area (Å²) in [5.74, 6) is 0. The molecule has 1 N–H and O–H groups in total. The minimum absolute atomic E-state index is 0.307. The van der Waals surface area contributed by atoms with E-state index in [1.807, 2.05) is 0 Å². The molecule has 0 atom stereocenters. The highest BCUT2D eigenvalue weighted by molar-refractivity contribution is 4.87. The van der Waals surface area contributed by atoms with Crippen LogP contribution in [0, 0.1) is 0 Å². The fraction of sp³-hybridized carbons (Fsp3) is 0.692. The second-order valence-corrected chi connectivity index (χ2v) is 3.53. The Morgan fingerprint density at radius 1 is 0.786 bits per heavy atom. The van der Waals surface area contributed by atoms with E-state index in [4.69, 9.17) is 5.11 Å². The number of hydrogen-bond acceptors (Lipinski definition) is 1. The maximum absolute atomic E-state index is 8.54. The van der Waals surface area contributed by atoms with Gasteiger partial charge in [0, 0.05) is 6.61 Å². The summed E-state index contributed by atoms with van der Waals surface area (Å²) in [6.45, 7) is 2.53. The third-order valence-corrected chi connectivity index (χ3v) is 2.09. The zero-order valence-corrected chi connectivity index (χ0v) is 9.41. The molecule has 14 heavy (non-hydrogen) atoms. The van der Waals surface area contributed by atoms with E-state index in [9.17, 15) is 0 Å². The topological polar surface area (TPSA) is 20.2 Å². The molecule has 0 spiro atoms. The van der Waals surface area contributed by atoms with E-state index in [0.29, 0.717) is 6.61 Å². The van der Waals surface area contributed by atoms with Crippen molar-refractivity contribution in [2.24, 2.45) is 0 Å². The number of allylic oxidation sites excluding steroid dienone is 4. The van der Waals surface area contributed by atoms with Gasteiger partial charge in [-0.05, 0) is 32.1 Å². The summed E-state index contributed by atoms with van der Waals surface area (Å²) in [6, 6.07) is 0. The average Bonchev–Trinajstić information content (AvgIpc) is 2.21. The number of rotatable bonds is 9. The molecule has 0 heterocycles. The predicted octanol–water partition coefficient (Wildman–Crippen LogP) is 3.84. The van der Waals surface area contributed by atoms with Crippen LogP contribution in [-0.2, 0) is 0 Å². The highest BCUT2D eigenvalue weighted by Gasteiger charge is 1.80. The van der Waals surface area contributed by atoms with Gasteiger partial charge in [0.2, 0.25) is 0 Å². The van der Waals surface area contributed by atoms with E-state index < -0.39 is 0 Å². The van der Waals surface area contributed by atoms with Gasteiger partial charge in [0.05, 0.1) is 0 Å². The molecule has 0 aromatic carbocycles. The first kappa shape index (κ1) is 13.4. The van der Waals surface area contributed by atoms with Crippen LogP contribution in [0.15, 0.2) is 24.3 Å². The number of aliphatic hydroxyl groups is 1. The molecule has 0 bridgehead atoms. The Labute approximate surface area is 88.5 Å². The van der Waals surface area contributed by atoms with E-state index in [-0.39, 0.29) is 0 Å². The van der Waals surface area contributed by atoms with Crippen molar-refractivity contribution in [2.45, 2.75) is 51.9 Å². The molecular weight excluding hydrogens is 172 g/mol. The first-order valence-electron chi connectivity index (χ1n) is 5.82. The van der Waals surface area contributed by atoms with Crippen molar-refractivity contribution in [1.29, 1.82) is 0 Å². The lowest BCUT2D eigenvalue weighted by Crippen LogP contribution is -1.78. The standard InChI is InChI=1S/C13H24O/c1-2-3-4-5-6-7-8-9-10-11-12-13-14/h5-6,9-10,14H,2-4,7-8,11-13H2,1H3/b6-5+,10-9+. The van der Waals surface area contributed by atoms with E-state index >= 15 is 0 Å². The highest BCUT2D eigenvalue weighted by atomic mass is 16.2. The van der Waals surface area contributed by atoms with Gasteiger partial charge in [-0.15, -0.1) is 0 Å². The van der Waals surface area contributed by atoms with Crippen LogP contribution in [0.3, 0.4) is 0 Å². The fourth-order valence-electron chi connectivity index (χ4n) is 1.19. The normalized spacial score (nSPS) is 11.9. The van der Waals surface area contributed by atoms with Crippen molar-refractivity contribution < 1.29 is 5.11 Å². The van der Waals surface area contributed by atoms with Gasteiger partial charge in [-0.2, -0.15) is 0 Å². The van der Waals surface area contributed by atoms with Crippen LogP contribution < -0.4 is 0 Å². The van der Waals surface area contributed by atoms with Gasteiger partial charge in [0.15, 0.2) is 0 Å². The smallest absolute Gasteiger partial charge is 0.0433 e. The second-order valence-electron chi connectivity index (χ2n) is 3.53. The summed E-state index contributed by atoms with van der Waals surface area (Å²) in [5.41, 5.74) is 0. The molecule has 0 amide bonds. The van der Waals surface area contributed by atoms with Crippen LogP contribution in [0.2, 0.25) is 0 Å². The third-order valence-electron chi connectivity index (χ3n) is 2.09. The lowest BCUT2D eigenvalue weighted by atomic mass is 10.2. The largest absolute Gasteiger partial charge is 0.396 e. The molecule has 0 aromatic rings. The molecule has 0 saturated carbocycles. The molecule has 0 fully saturated rings. The van der Waals surface area contributed by atoms with Crippen molar-refractivity contribution in [1.82, 2.24) is 0 Å². The summed E-state index contributed by atoms with van der Waals surface area (Å²) < 4.78 is 0. The minimum atomic E-state index is 0.307. The van der Waals surface area contributed by atoms with Crippen LogP contribution in [0.5, 0.6) is 0 Å². The van der Waals surface area contributed by atoms with Gasteiger partial charge in [-0.3, -0.25) is 0 Å². The summed E-state index contributed by atoms with van der Waals surface area (Å²) in [6.07, 6.45) is 16.9. The van der Waals surface area contributed by atoms with Crippen molar-refractivity contribution in [3.8, 4) is 0 Å². The maximum atomic E-state index is 8.54. The zero-order chi connectivity index (χ0) is 10.5. The Balaban J connectivity index is 3.11. The summed E-state index contributed by atoms with van der Waals surface area (Å²) >= 11 is 0. The fourth-order valence-corrected chi connectivity index (χ4v) is 1.19. The lowest BCUT2D eigenvalue weighted by Gasteiger charge is -1.90. The SMILES string of the molecule is CCCC/C=C/CC/C=C/CCCO. The van der Waals surface area contributed by atoms with E-state index in [2.05, 4.69) is 31.2 Å². The Bertz CT molecular complexity index is 129. The molecule has 0 aliphatic rings. The molecular formula is C13H24O. The number of unbranched alkanes of at least 4 members (excludes halogenated alkanes) is 4. The van der Waals surface area contributed by atoms with Gasteiger partial charge in [-0.25, -0.2) is 0 Å². The molecule has 0 aliphatic heterocycles. The zero-order valence-electron chi connectivity index (χ0n) is 9.41. The third kappa shape index (κ3) is 11.4. The number of hydrogen-bond donors (Lipinski definition) is 1. The highest BCUT2D eigenvalue weighted by Crippen LogP contribution is 1.99. The second kappa shape index (κ2) is 12.4. The Hall–Kier alpha value is -0.560. The van der Waals surface area contributed by atoms with E-state index in [1.54, 1.807) is 0 Å². The van der Waals surface area contributed by atoms with Gasteiger partial charge >= 0.3 is 0 Å². The van der Waals surface area contributed by atoms with Gasteiger partial charge in [0.1, 0.15) is 0 Å². The monoisotopic (exact) mass is 196 g/mol. The quantitative estimate of drug-likeness (QED) is 0.439. The van der Waals surface area contributed by atoms with Crippen molar-refractivity contribution in [2.75, 3.05) is 6.61 Å².